The monoisotopic (exact) mass is 1310 g/mol. The zero-order valence-corrected chi connectivity index (χ0v) is 58.7. The van der Waals surface area contributed by atoms with Crippen molar-refractivity contribution < 1.29 is 80.2 Å². The van der Waals surface area contributed by atoms with Gasteiger partial charge in [-0.05, 0) is 38.6 Å². The maximum absolute atomic E-state index is 13.0. The molecule has 0 radical (unpaired) electrons. The van der Waals surface area contributed by atoms with E-state index < -0.39 is 97.5 Å². The summed E-state index contributed by atoms with van der Waals surface area (Å²) in [5, 5.41) is 10.5. The van der Waals surface area contributed by atoms with Crippen molar-refractivity contribution in [1.29, 1.82) is 0 Å². The third-order valence-electron chi connectivity index (χ3n) is 16.2. The lowest BCUT2D eigenvalue weighted by Crippen LogP contribution is -2.31. The fraction of sp³-hybridized carbons (Fsp3) is 0.942. The summed E-state index contributed by atoms with van der Waals surface area (Å²) >= 11 is 0. The number of phosphoric ester groups is 2. The molecule has 0 spiro atoms. The highest BCUT2D eigenvalue weighted by molar-refractivity contribution is 7.46. The molecule has 0 rings (SSSR count). The maximum Gasteiger partial charge on any atom is 0.306 e. The first-order valence-electron chi connectivity index (χ1n) is 36.4. The van der Waals surface area contributed by atoms with Crippen LogP contribution >= 0.6 is 15.6 Å². The van der Waals surface area contributed by atoms with Crippen molar-refractivity contribution in [3.63, 3.8) is 0 Å². The molecule has 3 N–H and O–H groups in total. The molecule has 0 aromatic carbocycles. The van der Waals surface area contributed by atoms with E-state index in [2.05, 4.69) is 20.8 Å². The van der Waals surface area contributed by atoms with Gasteiger partial charge < -0.3 is 57.7 Å². The molecular weight excluding hydrogens is 1180 g/mol. The number of aliphatic hydroxyl groups is 1. The van der Waals surface area contributed by atoms with E-state index >= 15 is 0 Å². The Bertz CT molecular complexity index is 1710. The minimum atomic E-state index is -5.22. The smallest absolute Gasteiger partial charge is 0.306 e. The molecule has 5 atom stereocenters. The zero-order valence-electron chi connectivity index (χ0n) is 56.9. The van der Waals surface area contributed by atoms with E-state index in [0.717, 1.165) is 122 Å². The van der Waals surface area contributed by atoms with Crippen LogP contribution in [0.3, 0.4) is 0 Å². The summed E-state index contributed by atoms with van der Waals surface area (Å²) in [5.41, 5.74) is 5.57. The topological polar surface area (TPSA) is 269 Å². The van der Waals surface area contributed by atoms with Gasteiger partial charge in [-0.3, -0.25) is 28.3 Å². The standard InChI is InChI=1S/C69H135NO17P2/c1-4-7-10-13-16-19-22-25-28-32-37-42-47-52-66(72)80-59-64(86-68(74)54-49-44-39-33-29-26-23-20-17-14-11-8-5-2)61-84-88(76,77)82-57-63(71)58-83-89(78,79)85-62-65(60-81-67(73)53-48-43-38-35-31-36-41-46-51-56-70)87-69(75)55-50-45-40-34-30-27-24-21-18-15-12-9-6-3/h63-65,71H,4-62,70H2,1-3H3,(H,76,77)(H,78,79)/p-2/t63-,64+,65+/m0/s1. The van der Waals surface area contributed by atoms with Crippen molar-refractivity contribution in [2.45, 2.75) is 373 Å². The van der Waals surface area contributed by atoms with Crippen LogP contribution in [0.1, 0.15) is 355 Å². The minimum Gasteiger partial charge on any atom is -0.756 e. The molecule has 0 bridgehead atoms. The molecule has 0 amide bonds. The van der Waals surface area contributed by atoms with Gasteiger partial charge in [-0.1, -0.05) is 297 Å². The molecule has 18 nitrogen and oxygen atoms in total. The number of hydrogen-bond acceptors (Lipinski definition) is 18. The number of carbonyl (C=O) groups excluding carboxylic acids is 4. The Morgan fingerprint density at radius 3 is 0.753 bits per heavy atom. The van der Waals surface area contributed by atoms with Gasteiger partial charge in [0.05, 0.1) is 26.4 Å². The van der Waals surface area contributed by atoms with Gasteiger partial charge in [0, 0.05) is 25.7 Å². The predicted molar refractivity (Wildman–Crippen MR) is 353 cm³/mol. The number of nitrogens with two attached hydrogens (primary N) is 1. The molecule has 2 unspecified atom stereocenters. The van der Waals surface area contributed by atoms with Gasteiger partial charge in [0.15, 0.2) is 12.2 Å². The summed E-state index contributed by atoms with van der Waals surface area (Å²) in [5.74, 6) is -2.23. The van der Waals surface area contributed by atoms with E-state index in [-0.39, 0.29) is 25.7 Å². The van der Waals surface area contributed by atoms with Crippen molar-refractivity contribution in [2.75, 3.05) is 46.2 Å². The molecule has 0 saturated heterocycles. The quantitative estimate of drug-likeness (QED) is 0.0248. The van der Waals surface area contributed by atoms with E-state index in [4.69, 9.17) is 42.8 Å². The highest BCUT2D eigenvalue weighted by atomic mass is 31.2. The summed E-state index contributed by atoms with van der Waals surface area (Å²) < 4.78 is 67.4. The molecule has 0 fully saturated rings. The van der Waals surface area contributed by atoms with Crippen LogP contribution in [-0.2, 0) is 65.4 Å². The average molecular weight is 1310 g/mol. The molecule has 0 aliphatic carbocycles. The second kappa shape index (κ2) is 64.7. The lowest BCUT2D eigenvalue weighted by atomic mass is 10.0. The first-order chi connectivity index (χ1) is 43.2. The number of carbonyl (C=O) groups is 4. The Morgan fingerprint density at radius 1 is 0.315 bits per heavy atom. The van der Waals surface area contributed by atoms with Crippen LogP contribution in [0.2, 0.25) is 0 Å². The molecule has 528 valence electrons. The number of phosphoric acid groups is 2. The van der Waals surface area contributed by atoms with Crippen LogP contribution in [0.25, 0.3) is 0 Å². The van der Waals surface area contributed by atoms with Crippen LogP contribution in [0.5, 0.6) is 0 Å². The SMILES string of the molecule is CCCCCCCCCCCCCCCC(=O)OC[C@H](COP(=O)([O-])OC[C@H](O)COP(=O)([O-])OC[C@@H](COC(=O)CCCCCCCCCCCN)OC(=O)CCCCCCCCCCCCCCC)OC(=O)CCCCCCCCCCCCCCC. The number of esters is 4. The minimum absolute atomic E-state index is 0.0819. The molecule has 89 heavy (non-hydrogen) atoms. The van der Waals surface area contributed by atoms with Gasteiger partial charge in [0.25, 0.3) is 15.6 Å². The third-order valence-corrected chi connectivity index (χ3v) is 18.0. The Balaban J connectivity index is 5.24. The number of hydrogen-bond donors (Lipinski definition) is 2. The van der Waals surface area contributed by atoms with Crippen LogP contribution in [0, 0.1) is 0 Å². The van der Waals surface area contributed by atoms with Crippen LogP contribution in [0.15, 0.2) is 0 Å². The van der Waals surface area contributed by atoms with Crippen LogP contribution in [0.4, 0.5) is 0 Å². The highest BCUT2D eigenvalue weighted by Gasteiger charge is 2.25. The lowest BCUT2D eigenvalue weighted by molar-refractivity contribution is -0.233. The summed E-state index contributed by atoms with van der Waals surface area (Å²) in [7, 11) is -10.4. The van der Waals surface area contributed by atoms with E-state index in [9.17, 15) is 43.2 Å². The fourth-order valence-electron chi connectivity index (χ4n) is 10.6. The van der Waals surface area contributed by atoms with Crippen molar-refractivity contribution in [3.8, 4) is 0 Å². The maximum atomic E-state index is 13.0. The molecule has 0 aliphatic heterocycles. The largest absolute Gasteiger partial charge is 0.756 e. The zero-order chi connectivity index (χ0) is 65.4. The fourth-order valence-corrected chi connectivity index (χ4v) is 12.1. The van der Waals surface area contributed by atoms with Gasteiger partial charge in [-0.15, -0.1) is 0 Å². The molecule has 20 heteroatoms. The molecule has 0 aromatic rings. The Labute approximate surface area is 542 Å². The Hall–Kier alpha value is -1.98. The number of rotatable bonds is 71. The van der Waals surface area contributed by atoms with Crippen LogP contribution in [-0.4, -0.2) is 93.5 Å². The summed E-state index contributed by atoms with van der Waals surface area (Å²) in [6.07, 6.45) is 49.9. The van der Waals surface area contributed by atoms with Crippen molar-refractivity contribution in [2.24, 2.45) is 5.73 Å². The lowest BCUT2D eigenvalue weighted by Gasteiger charge is -2.28. The van der Waals surface area contributed by atoms with Crippen molar-refractivity contribution in [1.82, 2.24) is 0 Å². The number of ether oxygens (including phenoxy) is 4. The molecular formula is C69H133NO17P2-2. The van der Waals surface area contributed by atoms with Gasteiger partial charge in [0.2, 0.25) is 0 Å². The molecule has 0 saturated carbocycles. The molecule has 0 aliphatic rings. The van der Waals surface area contributed by atoms with E-state index in [0.29, 0.717) is 32.2 Å². The van der Waals surface area contributed by atoms with E-state index in [1.807, 2.05) is 0 Å². The Kier molecular flexibility index (Phi) is 63.3. The van der Waals surface area contributed by atoms with Gasteiger partial charge in [0.1, 0.15) is 19.3 Å². The first-order valence-corrected chi connectivity index (χ1v) is 39.4. The van der Waals surface area contributed by atoms with Gasteiger partial charge >= 0.3 is 23.9 Å². The summed E-state index contributed by atoms with van der Waals surface area (Å²) in [6, 6.07) is 0. The summed E-state index contributed by atoms with van der Waals surface area (Å²) in [6.45, 7) is 3.02. The van der Waals surface area contributed by atoms with Crippen molar-refractivity contribution >= 4 is 39.5 Å². The number of unbranched alkanes of at least 4 members (excludes halogenated alkanes) is 44. The second-order valence-corrected chi connectivity index (χ2v) is 27.8. The first kappa shape index (κ1) is 87.0. The van der Waals surface area contributed by atoms with Crippen molar-refractivity contribution in [3.05, 3.63) is 0 Å². The average Bonchev–Trinajstić information content (AvgIpc) is 3.73. The van der Waals surface area contributed by atoms with Crippen LogP contribution < -0.4 is 15.5 Å². The van der Waals surface area contributed by atoms with E-state index in [1.54, 1.807) is 0 Å². The third kappa shape index (κ3) is 64.5. The molecule has 0 heterocycles. The highest BCUT2D eigenvalue weighted by Crippen LogP contribution is 2.41. The molecule has 0 aromatic heterocycles. The van der Waals surface area contributed by atoms with Gasteiger partial charge in [-0.2, -0.15) is 0 Å². The Morgan fingerprint density at radius 2 is 0.517 bits per heavy atom. The van der Waals surface area contributed by atoms with Gasteiger partial charge in [-0.25, -0.2) is 0 Å². The van der Waals surface area contributed by atoms with E-state index in [1.165, 1.54) is 161 Å². The summed E-state index contributed by atoms with van der Waals surface area (Å²) in [4.78, 5) is 77.1. The number of aliphatic hydroxyl groups excluding tert-OH is 1. The second-order valence-electron chi connectivity index (χ2n) is 25.0. The normalized spacial score (nSPS) is 14.0. The predicted octanol–water partition coefficient (Wildman–Crippen LogP) is 17.6.